The molecule has 3 N–H and O–H groups in total. The molecule has 1 aliphatic heterocycles. The first kappa shape index (κ1) is 22.9. The minimum Gasteiger partial charge on any atom is -0.337 e. The zero-order valence-electron chi connectivity index (χ0n) is 16.9. The number of rotatable bonds is 6. The van der Waals surface area contributed by atoms with Crippen LogP contribution < -0.4 is 16.0 Å². The highest BCUT2D eigenvalue weighted by molar-refractivity contribution is 6.42. The molecule has 4 amide bonds. The van der Waals surface area contributed by atoms with Gasteiger partial charge in [0.2, 0.25) is 11.8 Å². The number of carbonyl (C=O) groups is 3. The molecule has 31 heavy (non-hydrogen) atoms. The minimum atomic E-state index is -0.561. The van der Waals surface area contributed by atoms with Crippen LogP contribution >= 0.6 is 23.2 Å². The summed E-state index contributed by atoms with van der Waals surface area (Å²) in [5, 5.41) is 8.92. The maximum absolute atomic E-state index is 12.8. The number of anilines is 2. The lowest BCUT2D eigenvalue weighted by Gasteiger charge is -2.34. The van der Waals surface area contributed by atoms with E-state index in [0.717, 1.165) is 12.8 Å². The second-order valence-corrected chi connectivity index (χ2v) is 8.03. The molecule has 0 spiro atoms. The van der Waals surface area contributed by atoms with Gasteiger partial charge in [-0.25, -0.2) is 4.79 Å². The van der Waals surface area contributed by atoms with E-state index in [2.05, 4.69) is 16.0 Å². The third-order valence-corrected chi connectivity index (χ3v) is 5.71. The molecular weight excluding hydrogens is 439 g/mol. The smallest absolute Gasteiger partial charge is 0.319 e. The number of amides is 4. The van der Waals surface area contributed by atoms with Crippen molar-refractivity contribution in [2.45, 2.75) is 31.7 Å². The number of hydrogen-bond donors (Lipinski definition) is 3. The highest BCUT2D eigenvalue weighted by Gasteiger charge is 2.31. The van der Waals surface area contributed by atoms with Gasteiger partial charge >= 0.3 is 6.03 Å². The van der Waals surface area contributed by atoms with Gasteiger partial charge < -0.3 is 20.9 Å². The molecule has 0 aliphatic carbocycles. The van der Waals surface area contributed by atoms with Crippen LogP contribution in [-0.4, -0.2) is 41.9 Å². The second-order valence-electron chi connectivity index (χ2n) is 7.21. The minimum absolute atomic E-state index is 0.110. The number of carbonyl (C=O) groups excluding carboxylic acids is 3. The van der Waals surface area contributed by atoms with Crippen molar-refractivity contribution in [1.82, 2.24) is 10.2 Å². The quantitative estimate of drug-likeness (QED) is 0.588. The third kappa shape index (κ3) is 6.60. The van der Waals surface area contributed by atoms with Crippen molar-refractivity contribution in [3.05, 3.63) is 58.6 Å². The van der Waals surface area contributed by atoms with E-state index in [9.17, 15) is 14.4 Å². The Morgan fingerprint density at radius 3 is 2.45 bits per heavy atom. The predicted octanol–water partition coefficient (Wildman–Crippen LogP) is 4.52. The predicted molar refractivity (Wildman–Crippen MR) is 123 cm³/mol. The normalized spacial score (nSPS) is 15.8. The van der Waals surface area contributed by atoms with Crippen molar-refractivity contribution in [3.8, 4) is 0 Å². The number of hydrogen-bond acceptors (Lipinski definition) is 3. The first-order valence-electron chi connectivity index (χ1n) is 10.1. The van der Waals surface area contributed by atoms with Crippen LogP contribution in [0.25, 0.3) is 0 Å². The number of para-hydroxylation sites is 1. The Hall–Kier alpha value is -2.77. The molecule has 9 heteroatoms. The lowest BCUT2D eigenvalue weighted by molar-refractivity contribution is -0.140. The van der Waals surface area contributed by atoms with Crippen molar-refractivity contribution in [3.63, 3.8) is 0 Å². The lowest BCUT2D eigenvalue weighted by Crippen LogP contribution is -2.50. The molecule has 2 aromatic carbocycles. The molecule has 3 rings (SSSR count). The number of nitrogens with zero attached hydrogens (tertiary/aromatic N) is 1. The average Bonchev–Trinajstić information content (AvgIpc) is 2.77. The summed E-state index contributed by atoms with van der Waals surface area (Å²) in [6, 6.07) is 12.9. The van der Waals surface area contributed by atoms with Crippen LogP contribution in [0.4, 0.5) is 16.2 Å². The summed E-state index contributed by atoms with van der Waals surface area (Å²) in [6.07, 6.45) is 2.39. The third-order valence-electron chi connectivity index (χ3n) is 4.97. The highest BCUT2D eigenvalue weighted by atomic mass is 35.5. The van der Waals surface area contributed by atoms with E-state index in [4.69, 9.17) is 23.2 Å². The molecule has 1 saturated heterocycles. The molecule has 164 valence electrons. The molecular formula is C22H24Cl2N4O3. The zero-order chi connectivity index (χ0) is 22.2. The number of halogens is 2. The van der Waals surface area contributed by atoms with Crippen LogP contribution in [0.15, 0.2) is 48.5 Å². The van der Waals surface area contributed by atoms with Crippen molar-refractivity contribution >= 4 is 52.4 Å². The zero-order valence-corrected chi connectivity index (χ0v) is 18.4. The average molecular weight is 463 g/mol. The molecule has 1 unspecified atom stereocenters. The summed E-state index contributed by atoms with van der Waals surface area (Å²) in [4.78, 5) is 39.1. The van der Waals surface area contributed by atoms with Gasteiger partial charge in [-0.3, -0.25) is 9.59 Å². The van der Waals surface area contributed by atoms with E-state index in [-0.39, 0.29) is 30.8 Å². The van der Waals surface area contributed by atoms with Crippen LogP contribution in [0.3, 0.4) is 0 Å². The summed E-state index contributed by atoms with van der Waals surface area (Å²) in [5.74, 6) is -0.435. The van der Waals surface area contributed by atoms with E-state index < -0.39 is 6.04 Å². The van der Waals surface area contributed by atoms with Crippen molar-refractivity contribution in [2.24, 2.45) is 0 Å². The molecule has 1 aliphatic rings. The number of urea groups is 1. The summed E-state index contributed by atoms with van der Waals surface area (Å²) in [5.41, 5.74) is 1.19. The Morgan fingerprint density at radius 2 is 1.71 bits per heavy atom. The van der Waals surface area contributed by atoms with Crippen LogP contribution in [0.2, 0.25) is 10.0 Å². The summed E-state index contributed by atoms with van der Waals surface area (Å²) in [6.45, 7) is 0.684. The Kier molecular flexibility index (Phi) is 8.14. The fourth-order valence-corrected chi connectivity index (χ4v) is 3.72. The monoisotopic (exact) mass is 462 g/mol. The van der Waals surface area contributed by atoms with Crippen LogP contribution in [0.5, 0.6) is 0 Å². The molecule has 0 radical (unpaired) electrons. The van der Waals surface area contributed by atoms with Crippen LogP contribution in [0.1, 0.15) is 25.7 Å². The van der Waals surface area contributed by atoms with Gasteiger partial charge in [-0.1, -0.05) is 41.4 Å². The van der Waals surface area contributed by atoms with E-state index in [1.54, 1.807) is 35.2 Å². The summed E-state index contributed by atoms with van der Waals surface area (Å²) < 4.78 is 0. The molecule has 1 fully saturated rings. The summed E-state index contributed by atoms with van der Waals surface area (Å²) in [7, 11) is 0. The van der Waals surface area contributed by atoms with Crippen molar-refractivity contribution in [1.29, 1.82) is 0 Å². The van der Waals surface area contributed by atoms with Crippen LogP contribution in [-0.2, 0) is 9.59 Å². The second kappa shape index (κ2) is 11.0. The van der Waals surface area contributed by atoms with E-state index in [1.807, 2.05) is 18.2 Å². The largest absolute Gasteiger partial charge is 0.337 e. The number of nitrogens with one attached hydrogen (secondary N) is 3. The fraction of sp³-hybridized carbons (Fsp3) is 0.318. The molecule has 1 heterocycles. The molecule has 7 nitrogen and oxygen atoms in total. The number of piperidine rings is 1. The number of benzene rings is 2. The summed E-state index contributed by atoms with van der Waals surface area (Å²) >= 11 is 11.9. The van der Waals surface area contributed by atoms with E-state index in [0.29, 0.717) is 34.4 Å². The molecule has 0 aromatic heterocycles. The first-order valence-corrected chi connectivity index (χ1v) is 10.8. The van der Waals surface area contributed by atoms with Gasteiger partial charge in [0, 0.05) is 30.9 Å². The Morgan fingerprint density at radius 1 is 0.935 bits per heavy atom. The SMILES string of the molecule is O=C(NCCC(=O)N1CCCCC1C(=O)Nc1ccc(Cl)c(Cl)c1)Nc1ccccc1. The maximum Gasteiger partial charge on any atom is 0.319 e. The Bertz CT molecular complexity index is 940. The standard InChI is InChI=1S/C22H24Cl2N4O3/c23-17-10-9-16(14-18(17)24)26-21(30)19-8-4-5-13-28(19)20(29)11-12-25-22(31)27-15-6-2-1-3-7-15/h1-3,6-7,9-10,14,19H,4-5,8,11-13H2,(H,26,30)(H2,25,27,31). The van der Waals surface area contributed by atoms with Gasteiger partial charge in [0.25, 0.3) is 0 Å². The molecule has 0 saturated carbocycles. The topological polar surface area (TPSA) is 90.5 Å². The molecule has 1 atom stereocenters. The van der Waals surface area contributed by atoms with Gasteiger partial charge in [0.05, 0.1) is 10.0 Å². The first-order chi connectivity index (χ1) is 14.9. The van der Waals surface area contributed by atoms with Gasteiger partial charge in [0.15, 0.2) is 0 Å². The fourth-order valence-electron chi connectivity index (χ4n) is 3.43. The van der Waals surface area contributed by atoms with Gasteiger partial charge in [-0.15, -0.1) is 0 Å². The van der Waals surface area contributed by atoms with Gasteiger partial charge in [-0.2, -0.15) is 0 Å². The Labute approximate surface area is 191 Å². The Balaban J connectivity index is 1.51. The highest BCUT2D eigenvalue weighted by Crippen LogP contribution is 2.26. The molecule has 2 aromatic rings. The number of likely N-dealkylation sites (tertiary alicyclic amines) is 1. The van der Waals surface area contributed by atoms with Crippen molar-refractivity contribution in [2.75, 3.05) is 23.7 Å². The van der Waals surface area contributed by atoms with Crippen LogP contribution in [0, 0.1) is 0 Å². The molecule has 0 bridgehead atoms. The van der Waals surface area contributed by atoms with Gasteiger partial charge in [-0.05, 0) is 49.6 Å². The van der Waals surface area contributed by atoms with Crippen molar-refractivity contribution < 1.29 is 14.4 Å². The van der Waals surface area contributed by atoms with E-state index in [1.165, 1.54) is 0 Å². The lowest BCUT2D eigenvalue weighted by atomic mass is 10.0. The van der Waals surface area contributed by atoms with Gasteiger partial charge in [0.1, 0.15) is 6.04 Å². The van der Waals surface area contributed by atoms with E-state index >= 15 is 0 Å². The maximum atomic E-state index is 12.8.